The average molecular weight is 254 g/mol. The van der Waals surface area contributed by atoms with Crippen molar-refractivity contribution in [1.29, 1.82) is 0 Å². The molecule has 0 aliphatic carbocycles. The van der Waals surface area contributed by atoms with Crippen molar-refractivity contribution in [2.24, 2.45) is 5.92 Å². The number of hydrogen-bond donors (Lipinski definition) is 0. The standard InChI is InChI=1S/C8H12ClNO6/c1-15-7(11)5(4-10(13)14)3-6(9)8(12)16-2/h5-6H,3-4H2,1-2H3. The first-order valence-electron chi connectivity index (χ1n) is 4.33. The van der Waals surface area contributed by atoms with Gasteiger partial charge in [-0.15, -0.1) is 11.6 Å². The summed E-state index contributed by atoms with van der Waals surface area (Å²) in [5.74, 6) is -2.56. The first-order valence-corrected chi connectivity index (χ1v) is 4.77. The normalized spacial score (nSPS) is 13.7. The molecule has 0 spiro atoms. The number of nitrogens with zero attached hydrogens (tertiary/aromatic N) is 1. The van der Waals surface area contributed by atoms with Crippen LogP contribution < -0.4 is 0 Å². The molecule has 0 bridgehead atoms. The van der Waals surface area contributed by atoms with Crippen molar-refractivity contribution in [1.82, 2.24) is 0 Å². The van der Waals surface area contributed by atoms with Gasteiger partial charge in [-0.1, -0.05) is 0 Å². The number of nitro groups is 1. The van der Waals surface area contributed by atoms with E-state index in [9.17, 15) is 19.7 Å². The van der Waals surface area contributed by atoms with Gasteiger partial charge in [0.05, 0.1) is 14.2 Å². The van der Waals surface area contributed by atoms with Crippen molar-refractivity contribution in [3.05, 3.63) is 10.1 Å². The molecule has 0 saturated heterocycles. The highest BCUT2D eigenvalue weighted by atomic mass is 35.5. The minimum absolute atomic E-state index is 0.193. The van der Waals surface area contributed by atoms with E-state index in [0.717, 1.165) is 14.2 Å². The highest BCUT2D eigenvalue weighted by Crippen LogP contribution is 2.15. The molecule has 0 amide bonds. The Hall–Kier alpha value is -1.37. The van der Waals surface area contributed by atoms with Gasteiger partial charge in [0, 0.05) is 4.92 Å². The summed E-state index contributed by atoms with van der Waals surface area (Å²) in [6.45, 7) is -0.632. The molecule has 0 aliphatic rings. The highest BCUT2D eigenvalue weighted by molar-refractivity contribution is 6.29. The Kier molecular flexibility index (Phi) is 6.40. The number of halogens is 1. The lowest BCUT2D eigenvalue weighted by atomic mass is 10.0. The van der Waals surface area contributed by atoms with Crippen molar-refractivity contribution in [2.45, 2.75) is 11.8 Å². The van der Waals surface area contributed by atoms with Gasteiger partial charge in [-0.3, -0.25) is 19.7 Å². The van der Waals surface area contributed by atoms with Crippen LogP contribution in [0.15, 0.2) is 0 Å². The van der Waals surface area contributed by atoms with E-state index in [0.29, 0.717) is 0 Å². The van der Waals surface area contributed by atoms with Crippen LogP contribution in [-0.2, 0) is 19.1 Å². The average Bonchev–Trinajstić information content (AvgIpc) is 2.25. The second kappa shape index (κ2) is 7.00. The fourth-order valence-corrected chi connectivity index (χ4v) is 1.37. The lowest BCUT2D eigenvalue weighted by molar-refractivity contribution is -0.486. The number of alkyl halides is 1. The van der Waals surface area contributed by atoms with Gasteiger partial charge in [-0.2, -0.15) is 0 Å². The zero-order valence-electron chi connectivity index (χ0n) is 8.84. The van der Waals surface area contributed by atoms with Crippen LogP contribution in [0.1, 0.15) is 6.42 Å². The Balaban J connectivity index is 4.47. The summed E-state index contributed by atoms with van der Waals surface area (Å²) in [6.07, 6.45) is -0.193. The first kappa shape index (κ1) is 14.6. The zero-order valence-corrected chi connectivity index (χ0v) is 9.60. The number of hydrogen-bond acceptors (Lipinski definition) is 6. The van der Waals surface area contributed by atoms with Crippen LogP contribution in [0.5, 0.6) is 0 Å². The third kappa shape index (κ3) is 4.92. The summed E-state index contributed by atoms with van der Waals surface area (Å²) in [7, 11) is 2.25. The fourth-order valence-electron chi connectivity index (χ4n) is 1.07. The van der Waals surface area contributed by atoms with Crippen molar-refractivity contribution in [3.63, 3.8) is 0 Å². The minimum atomic E-state index is -1.10. The van der Waals surface area contributed by atoms with Gasteiger partial charge >= 0.3 is 11.9 Å². The second-order valence-electron chi connectivity index (χ2n) is 2.96. The SMILES string of the molecule is COC(=O)C(Cl)CC(C[N+](=O)[O-])C(=O)OC. The van der Waals surface area contributed by atoms with E-state index in [-0.39, 0.29) is 6.42 Å². The number of carbonyl (C=O) groups is 2. The van der Waals surface area contributed by atoms with Gasteiger partial charge in [-0.05, 0) is 6.42 Å². The molecule has 7 nitrogen and oxygen atoms in total. The topological polar surface area (TPSA) is 95.7 Å². The molecule has 2 unspecified atom stereocenters. The molecule has 0 fully saturated rings. The highest BCUT2D eigenvalue weighted by Gasteiger charge is 2.30. The van der Waals surface area contributed by atoms with Gasteiger partial charge in [0.1, 0.15) is 11.3 Å². The van der Waals surface area contributed by atoms with Crippen molar-refractivity contribution in [3.8, 4) is 0 Å². The number of methoxy groups -OCH3 is 2. The first-order chi connectivity index (χ1) is 7.42. The van der Waals surface area contributed by atoms with Crippen LogP contribution in [0.3, 0.4) is 0 Å². The summed E-state index contributed by atoms with van der Waals surface area (Å²) in [4.78, 5) is 31.7. The van der Waals surface area contributed by atoms with E-state index in [4.69, 9.17) is 11.6 Å². The Morgan fingerprint density at radius 3 is 2.19 bits per heavy atom. The van der Waals surface area contributed by atoms with Crippen molar-refractivity contribution < 1.29 is 24.0 Å². The van der Waals surface area contributed by atoms with Gasteiger partial charge < -0.3 is 9.47 Å². The van der Waals surface area contributed by atoms with Gasteiger partial charge in [0.25, 0.3) is 0 Å². The van der Waals surface area contributed by atoms with E-state index < -0.39 is 34.7 Å². The van der Waals surface area contributed by atoms with Crippen LogP contribution in [0.25, 0.3) is 0 Å². The largest absolute Gasteiger partial charge is 0.469 e. The number of carbonyl (C=O) groups excluding carboxylic acids is 2. The summed E-state index contributed by atoms with van der Waals surface area (Å²) < 4.78 is 8.71. The molecule has 0 aromatic heterocycles. The van der Waals surface area contributed by atoms with Crippen LogP contribution in [0, 0.1) is 16.0 Å². The number of rotatable bonds is 6. The molecular weight excluding hydrogens is 242 g/mol. The lowest BCUT2D eigenvalue weighted by Crippen LogP contribution is -2.30. The lowest BCUT2D eigenvalue weighted by Gasteiger charge is -2.12. The maximum atomic E-state index is 11.2. The predicted octanol–water partition coefficient (Wildman–Crippen LogP) is 0.223. The second-order valence-corrected chi connectivity index (χ2v) is 3.49. The Bertz CT molecular complexity index is 282. The molecule has 0 aromatic carbocycles. The Labute approximate surface area is 96.8 Å². The third-order valence-corrected chi connectivity index (χ3v) is 2.21. The van der Waals surface area contributed by atoms with Crippen LogP contribution in [-0.4, -0.2) is 43.0 Å². The zero-order chi connectivity index (χ0) is 12.7. The van der Waals surface area contributed by atoms with Crippen LogP contribution in [0.4, 0.5) is 0 Å². The number of ether oxygens (including phenoxy) is 2. The number of esters is 2. The van der Waals surface area contributed by atoms with Crippen LogP contribution >= 0.6 is 11.6 Å². The molecule has 0 rings (SSSR count). The molecule has 2 atom stereocenters. The molecule has 0 N–H and O–H groups in total. The van der Waals surface area contributed by atoms with E-state index in [2.05, 4.69) is 9.47 Å². The summed E-state index contributed by atoms with van der Waals surface area (Å²) in [5.41, 5.74) is 0. The Morgan fingerprint density at radius 2 is 1.81 bits per heavy atom. The van der Waals surface area contributed by atoms with E-state index in [1.807, 2.05) is 0 Å². The summed E-state index contributed by atoms with van der Waals surface area (Å²) in [6, 6.07) is 0. The molecule has 0 radical (unpaired) electrons. The van der Waals surface area contributed by atoms with Gasteiger partial charge in [-0.25, -0.2) is 0 Å². The van der Waals surface area contributed by atoms with Crippen LogP contribution in [0.2, 0.25) is 0 Å². The summed E-state index contributed by atoms with van der Waals surface area (Å²) >= 11 is 5.61. The molecule has 8 heteroatoms. The third-order valence-electron chi connectivity index (χ3n) is 1.85. The van der Waals surface area contributed by atoms with Gasteiger partial charge in [0.15, 0.2) is 0 Å². The molecule has 16 heavy (non-hydrogen) atoms. The fraction of sp³-hybridized carbons (Fsp3) is 0.750. The molecule has 0 aliphatic heterocycles. The van der Waals surface area contributed by atoms with Gasteiger partial charge in [0.2, 0.25) is 6.54 Å². The van der Waals surface area contributed by atoms with Crippen molar-refractivity contribution in [2.75, 3.05) is 20.8 Å². The van der Waals surface area contributed by atoms with Crippen molar-refractivity contribution >= 4 is 23.5 Å². The van der Waals surface area contributed by atoms with E-state index in [1.54, 1.807) is 0 Å². The minimum Gasteiger partial charge on any atom is -0.469 e. The smallest absolute Gasteiger partial charge is 0.323 e. The summed E-state index contributed by atoms with van der Waals surface area (Å²) in [5, 5.41) is 9.19. The molecule has 0 saturated carbocycles. The van der Waals surface area contributed by atoms with E-state index >= 15 is 0 Å². The molecule has 0 aromatic rings. The maximum absolute atomic E-state index is 11.2. The van der Waals surface area contributed by atoms with E-state index in [1.165, 1.54) is 0 Å². The predicted molar refractivity (Wildman–Crippen MR) is 53.6 cm³/mol. The molecule has 92 valence electrons. The quantitative estimate of drug-likeness (QED) is 0.291. The maximum Gasteiger partial charge on any atom is 0.323 e. The molecular formula is C8H12ClNO6. The Morgan fingerprint density at radius 1 is 1.31 bits per heavy atom. The molecule has 0 heterocycles. The monoisotopic (exact) mass is 253 g/mol.